The van der Waals surface area contributed by atoms with Crippen LogP contribution in [0.5, 0.6) is 11.6 Å². The molecule has 6 heteroatoms. The molecular weight excluding hydrogens is 254 g/mol. The summed E-state index contributed by atoms with van der Waals surface area (Å²) in [5.41, 5.74) is 3.01. The van der Waals surface area contributed by atoms with Crippen molar-refractivity contribution in [2.24, 2.45) is 5.84 Å². The fourth-order valence-corrected chi connectivity index (χ4v) is 1.58. The topological polar surface area (TPSA) is 96.9 Å². The van der Waals surface area contributed by atoms with Gasteiger partial charge in [-0.3, -0.25) is 0 Å². The van der Waals surface area contributed by atoms with Crippen molar-refractivity contribution in [3.05, 3.63) is 41.7 Å². The van der Waals surface area contributed by atoms with E-state index in [1.165, 1.54) is 0 Å². The van der Waals surface area contributed by atoms with Crippen molar-refractivity contribution in [1.82, 2.24) is 9.97 Å². The van der Waals surface area contributed by atoms with Gasteiger partial charge in [0.25, 0.3) is 0 Å². The third-order valence-corrected chi connectivity index (χ3v) is 2.57. The van der Waals surface area contributed by atoms with Crippen molar-refractivity contribution >= 4 is 5.82 Å². The molecule has 0 saturated carbocycles. The van der Waals surface area contributed by atoms with Crippen LogP contribution < -0.4 is 16.0 Å². The highest BCUT2D eigenvalue weighted by Crippen LogP contribution is 2.24. The molecule has 0 spiro atoms. The summed E-state index contributed by atoms with van der Waals surface area (Å²) in [6.45, 7) is 3.96. The highest BCUT2D eigenvalue weighted by molar-refractivity contribution is 5.41. The maximum Gasteiger partial charge on any atom is 0.224 e. The maximum atomic E-state index is 8.87. The quantitative estimate of drug-likeness (QED) is 0.654. The van der Waals surface area contributed by atoms with Gasteiger partial charge in [0, 0.05) is 12.0 Å². The van der Waals surface area contributed by atoms with Crippen molar-refractivity contribution in [3.63, 3.8) is 0 Å². The summed E-state index contributed by atoms with van der Waals surface area (Å²) in [5, 5.41) is 8.87. The normalized spacial score (nSPS) is 10.2. The first kappa shape index (κ1) is 13.8. The van der Waals surface area contributed by atoms with Crippen LogP contribution in [0.1, 0.15) is 31.2 Å². The van der Waals surface area contributed by atoms with E-state index in [-0.39, 0.29) is 5.92 Å². The van der Waals surface area contributed by atoms with Crippen LogP contribution >= 0.6 is 0 Å². The van der Waals surface area contributed by atoms with Gasteiger partial charge in [0.15, 0.2) is 0 Å². The summed E-state index contributed by atoms with van der Waals surface area (Å²) in [7, 11) is 0. The second-order valence-electron chi connectivity index (χ2n) is 4.49. The fourth-order valence-electron chi connectivity index (χ4n) is 1.58. The number of benzene rings is 1. The molecule has 0 aliphatic rings. The summed E-state index contributed by atoms with van der Waals surface area (Å²) in [6.07, 6.45) is 0. The fraction of sp³-hybridized carbons (Fsp3) is 0.214. The van der Waals surface area contributed by atoms with Gasteiger partial charge in [0.2, 0.25) is 5.88 Å². The molecule has 0 fully saturated rings. The number of ether oxygens (including phenoxy) is 1. The van der Waals surface area contributed by atoms with E-state index < -0.39 is 0 Å². The predicted octanol–water partition coefficient (Wildman–Crippen LogP) is 2.55. The Morgan fingerprint density at radius 1 is 1.30 bits per heavy atom. The van der Waals surface area contributed by atoms with Crippen molar-refractivity contribution in [2.75, 3.05) is 5.43 Å². The van der Waals surface area contributed by atoms with Gasteiger partial charge in [-0.15, -0.1) is 0 Å². The van der Waals surface area contributed by atoms with Gasteiger partial charge < -0.3 is 10.2 Å². The number of aromatic nitrogens is 2. The zero-order chi connectivity index (χ0) is 14.5. The monoisotopic (exact) mass is 269 g/mol. The first-order valence-corrected chi connectivity index (χ1v) is 6.16. The van der Waals surface area contributed by atoms with Crippen molar-refractivity contribution in [1.29, 1.82) is 5.26 Å². The summed E-state index contributed by atoms with van der Waals surface area (Å²) in [4.78, 5) is 8.57. The molecule has 0 aliphatic carbocycles. The van der Waals surface area contributed by atoms with Crippen LogP contribution in [-0.2, 0) is 0 Å². The van der Waals surface area contributed by atoms with Crippen LogP contribution in [-0.4, -0.2) is 9.97 Å². The van der Waals surface area contributed by atoms with Gasteiger partial charge in [-0.1, -0.05) is 19.9 Å². The Morgan fingerprint density at radius 2 is 2.10 bits per heavy atom. The number of rotatable bonds is 4. The van der Waals surface area contributed by atoms with Crippen LogP contribution in [0.2, 0.25) is 0 Å². The number of nitriles is 1. The lowest BCUT2D eigenvalue weighted by atomic mass is 10.2. The van der Waals surface area contributed by atoms with E-state index in [0.29, 0.717) is 28.8 Å². The molecule has 6 nitrogen and oxygen atoms in total. The van der Waals surface area contributed by atoms with Crippen molar-refractivity contribution in [2.45, 2.75) is 19.8 Å². The van der Waals surface area contributed by atoms with E-state index in [1.54, 1.807) is 30.3 Å². The van der Waals surface area contributed by atoms with E-state index in [1.807, 2.05) is 13.8 Å². The molecule has 0 aliphatic heterocycles. The highest BCUT2D eigenvalue weighted by Gasteiger charge is 2.09. The Balaban J connectivity index is 2.32. The van der Waals surface area contributed by atoms with E-state index in [9.17, 15) is 0 Å². The molecule has 3 N–H and O–H groups in total. The second kappa shape index (κ2) is 5.99. The minimum absolute atomic E-state index is 0.149. The summed E-state index contributed by atoms with van der Waals surface area (Å²) in [6, 6.07) is 10.5. The highest BCUT2D eigenvalue weighted by atomic mass is 16.5. The average molecular weight is 269 g/mol. The maximum absolute atomic E-state index is 8.87. The van der Waals surface area contributed by atoms with Gasteiger partial charge in [0.1, 0.15) is 17.4 Å². The number of anilines is 1. The number of hydrazine groups is 1. The molecule has 0 unspecified atom stereocenters. The van der Waals surface area contributed by atoms with Crippen LogP contribution in [0.3, 0.4) is 0 Å². The van der Waals surface area contributed by atoms with Crippen LogP contribution in [0.15, 0.2) is 30.3 Å². The molecule has 0 saturated heterocycles. The second-order valence-corrected chi connectivity index (χ2v) is 4.49. The van der Waals surface area contributed by atoms with Crippen LogP contribution in [0, 0.1) is 11.3 Å². The third-order valence-electron chi connectivity index (χ3n) is 2.57. The molecule has 1 heterocycles. The minimum atomic E-state index is 0.149. The van der Waals surface area contributed by atoms with Gasteiger partial charge in [-0.05, 0) is 18.2 Å². The molecule has 2 rings (SSSR count). The predicted molar refractivity (Wildman–Crippen MR) is 75.2 cm³/mol. The lowest BCUT2D eigenvalue weighted by molar-refractivity contribution is 0.457. The standard InChI is InChI=1S/C14H15N5O/c1-9(2)14-17-12(19-16)7-13(18-14)20-11-5-3-4-10(6-11)8-15/h3-7,9H,16H2,1-2H3,(H,17,18,19). The number of nitrogens with one attached hydrogen (secondary N) is 1. The number of hydrogen-bond acceptors (Lipinski definition) is 6. The van der Waals surface area contributed by atoms with E-state index in [0.717, 1.165) is 0 Å². The summed E-state index contributed by atoms with van der Waals surface area (Å²) < 4.78 is 5.66. The molecule has 20 heavy (non-hydrogen) atoms. The third kappa shape index (κ3) is 3.22. The van der Waals surface area contributed by atoms with Crippen molar-refractivity contribution < 1.29 is 4.74 Å². The van der Waals surface area contributed by atoms with Gasteiger partial charge in [-0.2, -0.15) is 10.2 Å². The molecule has 0 bridgehead atoms. The first-order chi connectivity index (χ1) is 9.62. The van der Waals surface area contributed by atoms with E-state index in [4.69, 9.17) is 15.8 Å². The van der Waals surface area contributed by atoms with Crippen molar-refractivity contribution in [3.8, 4) is 17.7 Å². The molecule has 2 aromatic rings. The number of nitrogen functional groups attached to an aromatic ring is 1. The van der Waals surface area contributed by atoms with Crippen LogP contribution in [0.4, 0.5) is 5.82 Å². The summed E-state index contributed by atoms with van der Waals surface area (Å²) in [5.74, 6) is 7.57. The molecule has 102 valence electrons. The average Bonchev–Trinajstić information content (AvgIpc) is 2.47. The Kier molecular flexibility index (Phi) is 4.13. The molecule has 0 radical (unpaired) electrons. The van der Waals surface area contributed by atoms with Crippen LogP contribution in [0.25, 0.3) is 0 Å². The Labute approximate surface area is 117 Å². The van der Waals surface area contributed by atoms with Gasteiger partial charge in [-0.25, -0.2) is 10.8 Å². The first-order valence-electron chi connectivity index (χ1n) is 6.16. The number of hydrogen-bond donors (Lipinski definition) is 2. The Hall–Kier alpha value is -2.65. The number of nitrogens with zero attached hydrogens (tertiary/aromatic N) is 3. The van der Waals surface area contributed by atoms with Gasteiger partial charge >= 0.3 is 0 Å². The molecule has 1 aromatic heterocycles. The zero-order valence-corrected chi connectivity index (χ0v) is 11.3. The molecule has 1 aromatic carbocycles. The summed E-state index contributed by atoms with van der Waals surface area (Å²) >= 11 is 0. The SMILES string of the molecule is CC(C)c1nc(NN)cc(Oc2cccc(C#N)c2)n1. The lowest BCUT2D eigenvalue weighted by Gasteiger charge is -2.10. The Morgan fingerprint density at radius 3 is 2.75 bits per heavy atom. The zero-order valence-electron chi connectivity index (χ0n) is 11.3. The molecule has 0 atom stereocenters. The largest absolute Gasteiger partial charge is 0.439 e. The van der Waals surface area contributed by atoms with Gasteiger partial charge in [0.05, 0.1) is 11.6 Å². The van der Waals surface area contributed by atoms with E-state index >= 15 is 0 Å². The smallest absolute Gasteiger partial charge is 0.224 e. The molecular formula is C14H15N5O. The number of nitrogens with two attached hydrogens (primary N) is 1. The van der Waals surface area contributed by atoms with E-state index in [2.05, 4.69) is 21.5 Å². The Bertz CT molecular complexity index is 648. The lowest BCUT2D eigenvalue weighted by Crippen LogP contribution is -2.11. The minimum Gasteiger partial charge on any atom is -0.439 e. The molecule has 0 amide bonds.